The number of carbonyl (C=O) groups is 1. The molecule has 4 heteroatoms. The number of rotatable bonds is 2. The Morgan fingerprint density at radius 3 is 2.60 bits per heavy atom. The van der Waals surface area contributed by atoms with Gasteiger partial charge in [0.1, 0.15) is 0 Å². The average molecular weight is 211 g/mol. The second-order valence-corrected chi connectivity index (χ2v) is 4.59. The maximum Gasteiger partial charge on any atom is 0.320 e. The van der Waals surface area contributed by atoms with Gasteiger partial charge in [0.25, 0.3) is 0 Å². The number of hydrogen-bond acceptors (Lipinski definition) is 2. The Kier molecular flexibility index (Phi) is 3.14. The molecule has 15 heavy (non-hydrogen) atoms. The number of likely N-dealkylation sites (N-methyl/N-ethyl adjacent to an activating group) is 1. The molecular formula is C11H21N3O. The highest BCUT2D eigenvalue weighted by atomic mass is 16.2. The molecule has 86 valence electrons. The number of amides is 2. The monoisotopic (exact) mass is 211 g/mol. The molecule has 2 fully saturated rings. The van der Waals surface area contributed by atoms with E-state index in [9.17, 15) is 4.79 Å². The minimum atomic E-state index is 0.230. The van der Waals surface area contributed by atoms with Crippen molar-refractivity contribution in [2.75, 3.05) is 26.7 Å². The van der Waals surface area contributed by atoms with Crippen molar-refractivity contribution in [2.24, 2.45) is 0 Å². The maximum absolute atomic E-state index is 12.0. The van der Waals surface area contributed by atoms with Crippen LogP contribution in [-0.2, 0) is 0 Å². The van der Waals surface area contributed by atoms with Gasteiger partial charge in [-0.2, -0.15) is 0 Å². The average Bonchev–Trinajstić information content (AvgIpc) is 2.57. The fourth-order valence-corrected chi connectivity index (χ4v) is 2.61. The molecule has 2 heterocycles. The summed E-state index contributed by atoms with van der Waals surface area (Å²) in [4.78, 5) is 16.0. The van der Waals surface area contributed by atoms with E-state index in [2.05, 4.69) is 17.1 Å². The molecule has 2 rings (SSSR count). The van der Waals surface area contributed by atoms with Crippen molar-refractivity contribution in [1.82, 2.24) is 15.1 Å². The second kappa shape index (κ2) is 4.39. The molecule has 1 atom stereocenters. The Hall–Kier alpha value is -0.770. The summed E-state index contributed by atoms with van der Waals surface area (Å²) >= 11 is 0. The zero-order valence-electron chi connectivity index (χ0n) is 9.70. The normalized spacial score (nSPS) is 28.9. The topological polar surface area (TPSA) is 35.6 Å². The Morgan fingerprint density at radius 2 is 2.07 bits per heavy atom. The minimum Gasteiger partial charge on any atom is -0.323 e. The number of nitrogens with zero attached hydrogens (tertiary/aromatic N) is 2. The van der Waals surface area contributed by atoms with Gasteiger partial charge in [0.15, 0.2) is 0 Å². The highest BCUT2D eigenvalue weighted by Gasteiger charge is 2.37. The lowest BCUT2D eigenvalue weighted by atomic mass is 10.1. The molecule has 0 radical (unpaired) electrons. The van der Waals surface area contributed by atoms with Gasteiger partial charge in [-0.15, -0.1) is 0 Å². The highest BCUT2D eigenvalue weighted by molar-refractivity contribution is 5.77. The van der Waals surface area contributed by atoms with Crippen LogP contribution in [0.3, 0.4) is 0 Å². The number of hydrogen-bond donors (Lipinski definition) is 1. The highest BCUT2D eigenvalue weighted by Crippen LogP contribution is 2.22. The lowest BCUT2D eigenvalue weighted by Crippen LogP contribution is -2.44. The fraction of sp³-hybridized carbons (Fsp3) is 0.909. The SMILES string of the molecule is CCC1CN(C2CCNCC2)C(=O)N1C. The Balaban J connectivity index is 2.00. The van der Waals surface area contributed by atoms with Crippen LogP contribution in [-0.4, -0.2) is 54.6 Å². The lowest BCUT2D eigenvalue weighted by Gasteiger charge is -2.30. The van der Waals surface area contributed by atoms with E-state index in [1.165, 1.54) is 0 Å². The molecule has 0 bridgehead atoms. The Bertz CT molecular complexity index is 238. The quantitative estimate of drug-likeness (QED) is 0.736. The van der Waals surface area contributed by atoms with Crippen LogP contribution in [0.25, 0.3) is 0 Å². The molecule has 0 saturated carbocycles. The second-order valence-electron chi connectivity index (χ2n) is 4.59. The van der Waals surface area contributed by atoms with Crippen molar-refractivity contribution in [1.29, 1.82) is 0 Å². The van der Waals surface area contributed by atoms with E-state index in [0.29, 0.717) is 12.1 Å². The first-order valence-corrected chi connectivity index (χ1v) is 5.98. The fourth-order valence-electron chi connectivity index (χ4n) is 2.61. The van der Waals surface area contributed by atoms with Crippen LogP contribution in [0.15, 0.2) is 0 Å². The van der Waals surface area contributed by atoms with Crippen LogP contribution in [0, 0.1) is 0 Å². The van der Waals surface area contributed by atoms with Gasteiger partial charge < -0.3 is 15.1 Å². The summed E-state index contributed by atoms with van der Waals surface area (Å²) in [7, 11) is 1.93. The summed E-state index contributed by atoms with van der Waals surface area (Å²) < 4.78 is 0. The van der Waals surface area contributed by atoms with Gasteiger partial charge in [-0.3, -0.25) is 0 Å². The van der Waals surface area contributed by atoms with Crippen molar-refractivity contribution >= 4 is 6.03 Å². The first-order chi connectivity index (χ1) is 7.24. The molecule has 2 saturated heterocycles. The smallest absolute Gasteiger partial charge is 0.320 e. The van der Waals surface area contributed by atoms with Crippen LogP contribution in [0.4, 0.5) is 4.79 Å². The molecule has 2 aliphatic heterocycles. The lowest BCUT2D eigenvalue weighted by molar-refractivity contribution is 0.170. The van der Waals surface area contributed by atoms with Crippen LogP contribution < -0.4 is 5.32 Å². The van der Waals surface area contributed by atoms with E-state index >= 15 is 0 Å². The Labute approximate surface area is 91.6 Å². The molecule has 1 N–H and O–H groups in total. The summed E-state index contributed by atoms with van der Waals surface area (Å²) in [6, 6.07) is 1.12. The van der Waals surface area contributed by atoms with Gasteiger partial charge in [0, 0.05) is 19.6 Å². The Morgan fingerprint density at radius 1 is 1.40 bits per heavy atom. The van der Waals surface area contributed by atoms with E-state index in [1.807, 2.05) is 11.9 Å². The third-order valence-corrected chi connectivity index (χ3v) is 3.72. The zero-order valence-corrected chi connectivity index (χ0v) is 9.70. The summed E-state index contributed by atoms with van der Waals surface area (Å²) in [6.07, 6.45) is 3.27. The van der Waals surface area contributed by atoms with Crippen LogP contribution in [0.2, 0.25) is 0 Å². The standard InChI is InChI=1S/C11H21N3O/c1-3-9-8-14(11(15)13(9)2)10-4-6-12-7-5-10/h9-10,12H,3-8H2,1-2H3. The van der Waals surface area contributed by atoms with Crippen LogP contribution >= 0.6 is 0 Å². The van der Waals surface area contributed by atoms with Gasteiger partial charge in [-0.05, 0) is 32.4 Å². The summed E-state index contributed by atoms with van der Waals surface area (Å²) in [5.41, 5.74) is 0. The van der Waals surface area contributed by atoms with Crippen molar-refractivity contribution in [2.45, 2.75) is 38.3 Å². The van der Waals surface area contributed by atoms with Gasteiger partial charge in [0.05, 0.1) is 6.04 Å². The largest absolute Gasteiger partial charge is 0.323 e. The van der Waals surface area contributed by atoms with Gasteiger partial charge in [-0.25, -0.2) is 4.79 Å². The third-order valence-electron chi connectivity index (χ3n) is 3.72. The van der Waals surface area contributed by atoms with E-state index in [4.69, 9.17) is 0 Å². The number of nitrogens with one attached hydrogen (secondary N) is 1. The molecular weight excluding hydrogens is 190 g/mol. The van der Waals surface area contributed by atoms with Crippen molar-refractivity contribution in [3.05, 3.63) is 0 Å². The third kappa shape index (κ3) is 1.95. The first-order valence-electron chi connectivity index (χ1n) is 5.98. The molecule has 0 aromatic carbocycles. The van der Waals surface area contributed by atoms with E-state index in [0.717, 1.165) is 38.9 Å². The van der Waals surface area contributed by atoms with Crippen LogP contribution in [0.5, 0.6) is 0 Å². The van der Waals surface area contributed by atoms with Gasteiger partial charge in [-0.1, -0.05) is 6.92 Å². The molecule has 2 amide bonds. The van der Waals surface area contributed by atoms with Gasteiger partial charge >= 0.3 is 6.03 Å². The molecule has 0 spiro atoms. The molecule has 0 aromatic rings. The van der Waals surface area contributed by atoms with E-state index in [1.54, 1.807) is 0 Å². The van der Waals surface area contributed by atoms with E-state index in [-0.39, 0.29) is 6.03 Å². The predicted molar refractivity (Wildman–Crippen MR) is 59.8 cm³/mol. The summed E-state index contributed by atoms with van der Waals surface area (Å²) in [5.74, 6) is 0. The van der Waals surface area contributed by atoms with Crippen molar-refractivity contribution in [3.8, 4) is 0 Å². The molecule has 0 aliphatic carbocycles. The summed E-state index contributed by atoms with van der Waals surface area (Å²) in [5, 5.41) is 3.34. The van der Waals surface area contributed by atoms with Crippen molar-refractivity contribution in [3.63, 3.8) is 0 Å². The molecule has 0 aromatic heterocycles. The van der Waals surface area contributed by atoms with E-state index < -0.39 is 0 Å². The minimum absolute atomic E-state index is 0.230. The molecule has 1 unspecified atom stereocenters. The maximum atomic E-state index is 12.0. The van der Waals surface area contributed by atoms with Crippen molar-refractivity contribution < 1.29 is 4.79 Å². The molecule has 4 nitrogen and oxygen atoms in total. The number of piperidine rings is 1. The molecule has 2 aliphatic rings. The number of urea groups is 1. The van der Waals surface area contributed by atoms with Gasteiger partial charge in [0.2, 0.25) is 0 Å². The summed E-state index contributed by atoms with van der Waals surface area (Å²) in [6.45, 7) is 5.18. The van der Waals surface area contributed by atoms with Crippen LogP contribution in [0.1, 0.15) is 26.2 Å². The zero-order chi connectivity index (χ0) is 10.8. The predicted octanol–water partition coefficient (Wildman–Crippen LogP) is 0.884. The number of carbonyl (C=O) groups excluding carboxylic acids is 1. The first kappa shape index (κ1) is 10.7.